The van der Waals surface area contributed by atoms with Crippen molar-refractivity contribution in [3.63, 3.8) is 0 Å². The van der Waals surface area contributed by atoms with Gasteiger partial charge in [-0.05, 0) is 37.1 Å². The fourth-order valence-corrected chi connectivity index (χ4v) is 3.19. The maximum absolute atomic E-state index is 13.5. The van der Waals surface area contributed by atoms with Gasteiger partial charge in [0.05, 0.1) is 12.6 Å². The second-order valence-corrected chi connectivity index (χ2v) is 6.64. The SMILES string of the molecule is C[C@@H]1CN(C(=O)[C@](C)(O)c2cccc(F)c2)C[C@@H](c2ccccc2)O1. The predicted molar refractivity (Wildman–Crippen MR) is 92.3 cm³/mol. The number of carbonyl (C=O) groups is 1. The summed E-state index contributed by atoms with van der Waals surface area (Å²) in [6, 6.07) is 15.2. The standard InChI is InChI=1S/C20H22FNO3/c1-14-12-22(13-18(25-14)15-7-4-3-5-8-15)19(23)20(2,24)16-9-6-10-17(21)11-16/h3-11,14,18,24H,12-13H2,1-2H3/t14-,18+,20-/m1/s1. The first-order chi connectivity index (χ1) is 11.9. The largest absolute Gasteiger partial charge is 0.376 e. The molecule has 0 spiro atoms. The third-order valence-electron chi connectivity index (χ3n) is 4.52. The zero-order chi connectivity index (χ0) is 18.0. The lowest BCUT2D eigenvalue weighted by molar-refractivity contribution is -0.163. The minimum absolute atomic E-state index is 0.161. The van der Waals surface area contributed by atoms with E-state index in [1.807, 2.05) is 37.3 Å². The van der Waals surface area contributed by atoms with Gasteiger partial charge in [-0.15, -0.1) is 0 Å². The van der Waals surface area contributed by atoms with Gasteiger partial charge in [0.2, 0.25) is 0 Å². The van der Waals surface area contributed by atoms with Crippen molar-refractivity contribution in [3.8, 4) is 0 Å². The highest BCUT2D eigenvalue weighted by Crippen LogP contribution is 2.30. The van der Waals surface area contributed by atoms with Crippen LogP contribution in [0.1, 0.15) is 31.1 Å². The summed E-state index contributed by atoms with van der Waals surface area (Å²) < 4.78 is 19.4. The number of hydrogen-bond acceptors (Lipinski definition) is 3. The average molecular weight is 343 g/mol. The van der Waals surface area contributed by atoms with Crippen LogP contribution >= 0.6 is 0 Å². The Morgan fingerprint density at radius 3 is 2.60 bits per heavy atom. The average Bonchev–Trinajstić information content (AvgIpc) is 2.61. The fraction of sp³-hybridized carbons (Fsp3) is 0.350. The Kier molecular flexibility index (Phi) is 4.88. The number of benzene rings is 2. The molecular weight excluding hydrogens is 321 g/mol. The molecule has 5 heteroatoms. The topological polar surface area (TPSA) is 49.8 Å². The summed E-state index contributed by atoms with van der Waals surface area (Å²) in [7, 11) is 0. The highest BCUT2D eigenvalue weighted by atomic mass is 19.1. The predicted octanol–water partition coefficient (Wildman–Crippen LogP) is 3.02. The van der Waals surface area contributed by atoms with Crippen molar-refractivity contribution in [2.75, 3.05) is 13.1 Å². The molecule has 1 fully saturated rings. The summed E-state index contributed by atoms with van der Waals surface area (Å²) in [6.07, 6.45) is -0.413. The van der Waals surface area contributed by atoms with E-state index in [1.165, 1.54) is 25.1 Å². The van der Waals surface area contributed by atoms with E-state index in [0.29, 0.717) is 13.1 Å². The van der Waals surface area contributed by atoms with E-state index in [2.05, 4.69) is 0 Å². The van der Waals surface area contributed by atoms with Crippen molar-refractivity contribution in [2.24, 2.45) is 0 Å². The lowest BCUT2D eigenvalue weighted by Crippen LogP contribution is -2.52. The molecule has 3 rings (SSSR count). The molecule has 25 heavy (non-hydrogen) atoms. The van der Waals surface area contributed by atoms with E-state index in [1.54, 1.807) is 11.0 Å². The first-order valence-corrected chi connectivity index (χ1v) is 8.36. The van der Waals surface area contributed by atoms with Crippen molar-refractivity contribution in [2.45, 2.75) is 31.7 Å². The van der Waals surface area contributed by atoms with Gasteiger partial charge in [0.1, 0.15) is 11.9 Å². The van der Waals surface area contributed by atoms with Crippen LogP contribution in [0.2, 0.25) is 0 Å². The van der Waals surface area contributed by atoms with Crippen LogP contribution in [0.25, 0.3) is 0 Å². The second-order valence-electron chi connectivity index (χ2n) is 6.64. The zero-order valence-electron chi connectivity index (χ0n) is 14.4. The third kappa shape index (κ3) is 3.72. The lowest BCUT2D eigenvalue weighted by Gasteiger charge is -2.40. The molecule has 0 aliphatic carbocycles. The van der Waals surface area contributed by atoms with Crippen LogP contribution in [-0.2, 0) is 15.1 Å². The number of ether oxygens (including phenoxy) is 1. The maximum Gasteiger partial charge on any atom is 0.259 e. The number of nitrogens with zero attached hydrogens (tertiary/aromatic N) is 1. The number of morpholine rings is 1. The molecule has 2 aromatic carbocycles. The number of halogens is 1. The summed E-state index contributed by atoms with van der Waals surface area (Å²) in [6.45, 7) is 4.03. The maximum atomic E-state index is 13.5. The number of rotatable bonds is 3. The summed E-state index contributed by atoms with van der Waals surface area (Å²) >= 11 is 0. The van der Waals surface area contributed by atoms with Gasteiger partial charge in [-0.3, -0.25) is 4.79 Å². The van der Waals surface area contributed by atoms with Gasteiger partial charge in [-0.1, -0.05) is 42.5 Å². The highest BCUT2D eigenvalue weighted by Gasteiger charge is 2.40. The van der Waals surface area contributed by atoms with Gasteiger partial charge in [-0.2, -0.15) is 0 Å². The smallest absolute Gasteiger partial charge is 0.259 e. The van der Waals surface area contributed by atoms with Crippen LogP contribution in [0.4, 0.5) is 4.39 Å². The Morgan fingerprint density at radius 1 is 1.20 bits per heavy atom. The number of amides is 1. The number of carbonyl (C=O) groups excluding carboxylic acids is 1. The second kappa shape index (κ2) is 6.94. The van der Waals surface area contributed by atoms with Crippen LogP contribution < -0.4 is 0 Å². The number of hydrogen-bond donors (Lipinski definition) is 1. The molecule has 0 bridgehead atoms. The van der Waals surface area contributed by atoms with E-state index >= 15 is 0 Å². The molecule has 0 radical (unpaired) electrons. The van der Waals surface area contributed by atoms with Crippen molar-refractivity contribution in [1.82, 2.24) is 4.90 Å². The van der Waals surface area contributed by atoms with Crippen molar-refractivity contribution in [3.05, 3.63) is 71.5 Å². The molecule has 3 atom stereocenters. The van der Waals surface area contributed by atoms with Crippen LogP contribution in [0.3, 0.4) is 0 Å². The molecule has 4 nitrogen and oxygen atoms in total. The number of aliphatic hydroxyl groups is 1. The summed E-state index contributed by atoms with van der Waals surface area (Å²) in [5.74, 6) is -0.933. The molecule has 1 aliphatic rings. The van der Waals surface area contributed by atoms with Crippen LogP contribution in [0.15, 0.2) is 54.6 Å². The fourth-order valence-electron chi connectivity index (χ4n) is 3.19. The van der Waals surface area contributed by atoms with Crippen molar-refractivity contribution >= 4 is 5.91 Å². The molecule has 1 saturated heterocycles. The van der Waals surface area contributed by atoms with Crippen LogP contribution in [0, 0.1) is 5.82 Å². The quantitative estimate of drug-likeness (QED) is 0.932. The molecule has 1 amide bonds. The van der Waals surface area contributed by atoms with E-state index in [4.69, 9.17) is 4.74 Å². The van der Waals surface area contributed by atoms with Gasteiger partial charge >= 0.3 is 0 Å². The highest BCUT2D eigenvalue weighted by molar-refractivity contribution is 5.86. The van der Waals surface area contributed by atoms with Gasteiger partial charge in [0.25, 0.3) is 5.91 Å². The van der Waals surface area contributed by atoms with E-state index in [-0.39, 0.29) is 17.8 Å². The third-order valence-corrected chi connectivity index (χ3v) is 4.52. The Morgan fingerprint density at radius 2 is 1.92 bits per heavy atom. The molecule has 0 unspecified atom stereocenters. The van der Waals surface area contributed by atoms with E-state index in [0.717, 1.165) is 5.56 Å². The molecule has 1 heterocycles. The first-order valence-electron chi connectivity index (χ1n) is 8.36. The van der Waals surface area contributed by atoms with E-state index in [9.17, 15) is 14.3 Å². The molecule has 132 valence electrons. The summed E-state index contributed by atoms with van der Waals surface area (Å²) in [4.78, 5) is 14.5. The Labute approximate surface area is 146 Å². The molecular formula is C20H22FNO3. The summed E-state index contributed by atoms with van der Waals surface area (Å²) in [5.41, 5.74) is -0.564. The van der Waals surface area contributed by atoms with Crippen LogP contribution in [-0.4, -0.2) is 35.1 Å². The molecule has 2 aromatic rings. The minimum Gasteiger partial charge on any atom is -0.376 e. The minimum atomic E-state index is -1.79. The lowest BCUT2D eigenvalue weighted by atomic mass is 9.93. The van der Waals surface area contributed by atoms with Gasteiger partial charge < -0.3 is 14.7 Å². The van der Waals surface area contributed by atoms with Crippen molar-refractivity contribution in [1.29, 1.82) is 0 Å². The van der Waals surface area contributed by atoms with Crippen molar-refractivity contribution < 1.29 is 19.0 Å². The van der Waals surface area contributed by atoms with E-state index < -0.39 is 17.3 Å². The molecule has 0 aromatic heterocycles. The Balaban J connectivity index is 1.83. The zero-order valence-corrected chi connectivity index (χ0v) is 14.4. The normalized spacial score (nSPS) is 23.1. The summed E-state index contributed by atoms with van der Waals surface area (Å²) in [5, 5.41) is 10.8. The molecule has 1 aliphatic heterocycles. The monoisotopic (exact) mass is 343 g/mol. The first kappa shape index (κ1) is 17.6. The van der Waals surface area contributed by atoms with Gasteiger partial charge in [0, 0.05) is 6.54 Å². The molecule has 1 N–H and O–H groups in total. The Bertz CT molecular complexity index is 748. The Hall–Kier alpha value is -2.24. The van der Waals surface area contributed by atoms with Crippen LogP contribution in [0.5, 0.6) is 0 Å². The van der Waals surface area contributed by atoms with Gasteiger partial charge in [-0.25, -0.2) is 4.39 Å². The van der Waals surface area contributed by atoms with Gasteiger partial charge in [0.15, 0.2) is 5.60 Å². The molecule has 0 saturated carbocycles.